The number of aryl methyl sites for hydroxylation is 2. The molecule has 0 N–H and O–H groups in total. The van der Waals surface area contributed by atoms with Gasteiger partial charge >= 0.3 is 0 Å². The van der Waals surface area contributed by atoms with Crippen molar-refractivity contribution in [1.82, 2.24) is 4.57 Å². The Morgan fingerprint density at radius 1 is 1.03 bits per heavy atom. The number of nitrogens with zero attached hydrogens (tertiary/aromatic N) is 2. The van der Waals surface area contributed by atoms with Crippen LogP contribution < -0.4 is 9.47 Å². The van der Waals surface area contributed by atoms with Gasteiger partial charge in [0.2, 0.25) is 5.78 Å². The number of carbonyl (C=O) groups excluding carboxylic acids is 1. The summed E-state index contributed by atoms with van der Waals surface area (Å²) in [5.74, 6) is 1.36. The van der Waals surface area contributed by atoms with Crippen LogP contribution in [0.1, 0.15) is 32.9 Å². The highest BCUT2D eigenvalue weighted by Crippen LogP contribution is 2.19. The van der Waals surface area contributed by atoms with Crippen LogP contribution in [0.2, 0.25) is 0 Å². The molecule has 2 aromatic carbocycles. The summed E-state index contributed by atoms with van der Waals surface area (Å²) in [6, 6.07) is 18.8. The molecule has 3 aromatic rings. The molecule has 0 unspecified atom stereocenters. The van der Waals surface area contributed by atoms with Gasteiger partial charge < -0.3 is 14.0 Å². The highest BCUT2D eigenvalue weighted by atomic mass is 16.5. The number of hydrogen-bond acceptors (Lipinski definition) is 4. The van der Waals surface area contributed by atoms with Crippen molar-refractivity contribution in [3.8, 4) is 17.6 Å². The van der Waals surface area contributed by atoms with Gasteiger partial charge in [-0.3, -0.25) is 4.79 Å². The van der Waals surface area contributed by atoms with Crippen LogP contribution in [0.25, 0.3) is 0 Å². The summed E-state index contributed by atoms with van der Waals surface area (Å²) in [7, 11) is 1.66. The first-order valence-electron chi connectivity index (χ1n) is 9.47. The number of hydrogen-bond donors (Lipinski definition) is 0. The molecule has 0 radical (unpaired) electrons. The molecule has 0 aliphatic carbocycles. The zero-order valence-electron chi connectivity index (χ0n) is 16.9. The van der Waals surface area contributed by atoms with E-state index in [0.29, 0.717) is 16.9 Å². The van der Waals surface area contributed by atoms with Crippen molar-refractivity contribution in [3.63, 3.8) is 0 Å². The largest absolute Gasteiger partial charge is 0.497 e. The van der Waals surface area contributed by atoms with E-state index in [4.69, 9.17) is 14.7 Å². The van der Waals surface area contributed by atoms with Crippen molar-refractivity contribution >= 4 is 5.78 Å². The topological polar surface area (TPSA) is 64.2 Å². The van der Waals surface area contributed by atoms with Gasteiger partial charge in [0.15, 0.2) is 6.61 Å². The zero-order chi connectivity index (χ0) is 20.8. The fraction of sp³-hybridized carbons (Fsp3) is 0.250. The fourth-order valence-corrected chi connectivity index (χ4v) is 3.31. The Bertz CT molecular complexity index is 1030. The van der Waals surface area contributed by atoms with Gasteiger partial charge in [-0.25, -0.2) is 0 Å². The maximum Gasteiger partial charge on any atom is 0.202 e. The van der Waals surface area contributed by atoms with E-state index in [0.717, 1.165) is 30.1 Å². The van der Waals surface area contributed by atoms with Crippen LogP contribution in [0.4, 0.5) is 0 Å². The number of rotatable bonds is 8. The average Bonchev–Trinajstić information content (AvgIpc) is 3.04. The normalized spacial score (nSPS) is 10.4. The molecule has 0 aliphatic rings. The lowest BCUT2D eigenvalue weighted by Crippen LogP contribution is -2.13. The van der Waals surface area contributed by atoms with Crippen molar-refractivity contribution in [3.05, 3.63) is 82.7 Å². The van der Waals surface area contributed by atoms with Crippen molar-refractivity contribution in [2.24, 2.45) is 0 Å². The number of carbonyl (C=O) groups is 1. The zero-order valence-corrected chi connectivity index (χ0v) is 16.9. The Hall–Kier alpha value is -3.52. The second kappa shape index (κ2) is 9.11. The first-order chi connectivity index (χ1) is 14.0. The molecule has 5 heteroatoms. The Labute approximate surface area is 171 Å². The molecular weight excluding hydrogens is 364 g/mol. The van der Waals surface area contributed by atoms with E-state index >= 15 is 0 Å². The smallest absolute Gasteiger partial charge is 0.202 e. The van der Waals surface area contributed by atoms with E-state index in [1.807, 2.05) is 32.0 Å². The minimum atomic E-state index is -0.0573. The number of nitriles is 1. The lowest BCUT2D eigenvalue weighted by molar-refractivity contribution is 0.0921. The molecule has 0 atom stereocenters. The standard InChI is InChI=1S/C24H24N2O3/c1-17-14-23(24(27)16-29-22-10-6-20(15-25)7-11-22)18(2)26(17)13-12-19-4-8-21(28-3)9-5-19/h4-11,14H,12-13,16H2,1-3H3. The van der Waals surface area contributed by atoms with Gasteiger partial charge in [0, 0.05) is 23.5 Å². The van der Waals surface area contributed by atoms with Gasteiger partial charge in [0.05, 0.1) is 18.7 Å². The Morgan fingerprint density at radius 3 is 2.31 bits per heavy atom. The second-order valence-corrected chi connectivity index (χ2v) is 6.88. The second-order valence-electron chi connectivity index (χ2n) is 6.88. The quantitative estimate of drug-likeness (QED) is 0.533. The molecule has 0 spiro atoms. The van der Waals surface area contributed by atoms with Crippen molar-refractivity contribution in [2.75, 3.05) is 13.7 Å². The van der Waals surface area contributed by atoms with Gasteiger partial charge in [-0.2, -0.15) is 5.26 Å². The van der Waals surface area contributed by atoms with Crippen LogP contribution in [-0.4, -0.2) is 24.1 Å². The first-order valence-corrected chi connectivity index (χ1v) is 9.47. The van der Waals surface area contributed by atoms with E-state index in [-0.39, 0.29) is 12.4 Å². The predicted octanol–water partition coefficient (Wildman–Crippen LogP) is 4.49. The van der Waals surface area contributed by atoms with Crippen LogP contribution in [0.15, 0.2) is 54.6 Å². The van der Waals surface area contributed by atoms with Gasteiger partial charge in [0.25, 0.3) is 0 Å². The number of aromatic nitrogens is 1. The minimum Gasteiger partial charge on any atom is -0.497 e. The predicted molar refractivity (Wildman–Crippen MR) is 112 cm³/mol. The Kier molecular flexibility index (Phi) is 6.36. The molecule has 148 valence electrons. The number of ketones is 1. The lowest BCUT2D eigenvalue weighted by Gasteiger charge is -2.11. The van der Waals surface area contributed by atoms with E-state index in [1.54, 1.807) is 31.4 Å². The number of benzene rings is 2. The summed E-state index contributed by atoms with van der Waals surface area (Å²) < 4.78 is 13.0. The van der Waals surface area contributed by atoms with E-state index in [2.05, 4.69) is 22.8 Å². The van der Waals surface area contributed by atoms with E-state index < -0.39 is 0 Å². The van der Waals surface area contributed by atoms with Crippen LogP contribution in [-0.2, 0) is 13.0 Å². The van der Waals surface area contributed by atoms with Gasteiger partial charge in [-0.05, 0) is 68.3 Å². The molecule has 1 aromatic heterocycles. The SMILES string of the molecule is COc1ccc(CCn2c(C)cc(C(=O)COc3ccc(C#N)cc3)c2C)cc1. The van der Waals surface area contributed by atoms with Crippen LogP contribution in [0, 0.1) is 25.2 Å². The van der Waals surface area contributed by atoms with Crippen molar-refractivity contribution in [2.45, 2.75) is 26.8 Å². The summed E-state index contributed by atoms with van der Waals surface area (Å²) in [4.78, 5) is 12.7. The third-order valence-electron chi connectivity index (χ3n) is 5.01. The maximum atomic E-state index is 12.7. The summed E-state index contributed by atoms with van der Waals surface area (Å²) in [6.07, 6.45) is 0.871. The monoisotopic (exact) mass is 388 g/mol. The van der Waals surface area contributed by atoms with Crippen LogP contribution in [0.3, 0.4) is 0 Å². The third kappa shape index (κ3) is 4.85. The first kappa shape index (κ1) is 20.2. The summed E-state index contributed by atoms with van der Waals surface area (Å²) in [5, 5.41) is 8.84. The fourth-order valence-electron chi connectivity index (χ4n) is 3.31. The van der Waals surface area contributed by atoms with Gasteiger partial charge in [0.1, 0.15) is 11.5 Å². The summed E-state index contributed by atoms with van der Waals surface area (Å²) in [5.41, 5.74) is 4.47. The van der Waals surface area contributed by atoms with E-state index in [1.165, 1.54) is 5.56 Å². The molecule has 1 heterocycles. The van der Waals surface area contributed by atoms with Gasteiger partial charge in [-0.1, -0.05) is 12.1 Å². The van der Waals surface area contributed by atoms with Crippen molar-refractivity contribution < 1.29 is 14.3 Å². The molecule has 0 fully saturated rings. The average molecular weight is 388 g/mol. The Balaban J connectivity index is 1.64. The highest BCUT2D eigenvalue weighted by Gasteiger charge is 2.16. The molecular formula is C24H24N2O3. The Morgan fingerprint density at radius 2 is 1.69 bits per heavy atom. The third-order valence-corrected chi connectivity index (χ3v) is 5.01. The molecule has 0 saturated carbocycles. The lowest BCUT2D eigenvalue weighted by atomic mass is 10.1. The van der Waals surface area contributed by atoms with E-state index in [9.17, 15) is 4.79 Å². The number of Topliss-reactive ketones (excluding diaryl/α,β-unsaturated/α-hetero) is 1. The number of methoxy groups -OCH3 is 1. The summed E-state index contributed by atoms with van der Waals surface area (Å²) >= 11 is 0. The molecule has 5 nitrogen and oxygen atoms in total. The molecule has 0 saturated heterocycles. The highest BCUT2D eigenvalue weighted by molar-refractivity contribution is 5.98. The molecule has 0 amide bonds. The molecule has 0 bridgehead atoms. The molecule has 0 aliphatic heterocycles. The van der Waals surface area contributed by atoms with Crippen LogP contribution >= 0.6 is 0 Å². The van der Waals surface area contributed by atoms with Gasteiger partial charge in [-0.15, -0.1) is 0 Å². The van der Waals surface area contributed by atoms with Crippen LogP contribution in [0.5, 0.6) is 11.5 Å². The van der Waals surface area contributed by atoms with Crippen molar-refractivity contribution in [1.29, 1.82) is 5.26 Å². The molecule has 3 rings (SSSR count). The summed E-state index contributed by atoms with van der Waals surface area (Å²) in [6.45, 7) is 4.75. The minimum absolute atomic E-state index is 0.0331. The maximum absolute atomic E-state index is 12.7. The number of ether oxygens (including phenoxy) is 2. The molecule has 29 heavy (non-hydrogen) atoms.